The van der Waals surface area contributed by atoms with Gasteiger partial charge in [-0.2, -0.15) is 0 Å². The van der Waals surface area contributed by atoms with Crippen molar-refractivity contribution in [1.29, 1.82) is 0 Å². The number of benzene rings is 2. The van der Waals surface area contributed by atoms with Crippen LogP contribution in [-0.2, 0) is 9.59 Å². The molecule has 2 aromatic carbocycles. The number of nitrogens with zero attached hydrogens (tertiary/aromatic N) is 3. The van der Waals surface area contributed by atoms with Gasteiger partial charge >= 0.3 is 0 Å². The van der Waals surface area contributed by atoms with Gasteiger partial charge in [0.15, 0.2) is 5.82 Å². The van der Waals surface area contributed by atoms with Crippen LogP contribution in [0.25, 0.3) is 22.3 Å². The van der Waals surface area contributed by atoms with Crippen molar-refractivity contribution in [3.63, 3.8) is 0 Å². The van der Waals surface area contributed by atoms with E-state index >= 15 is 0 Å². The number of amides is 2. The first-order chi connectivity index (χ1) is 14.7. The molecule has 1 unspecified atom stereocenters. The molecule has 1 saturated heterocycles. The van der Waals surface area contributed by atoms with Crippen LogP contribution in [0.2, 0.25) is 0 Å². The Balaban J connectivity index is 1.33. The Morgan fingerprint density at radius 2 is 1.67 bits per heavy atom. The average Bonchev–Trinajstić information content (AvgIpc) is 3.47. The molecule has 30 heavy (non-hydrogen) atoms. The predicted octanol–water partition coefficient (Wildman–Crippen LogP) is 3.62. The minimum Gasteiger partial charge on any atom is -0.494 e. The van der Waals surface area contributed by atoms with Crippen LogP contribution in [0.4, 0.5) is 5.69 Å². The summed E-state index contributed by atoms with van der Waals surface area (Å²) in [6, 6.07) is 13.0. The Morgan fingerprint density at radius 3 is 2.33 bits per heavy atom. The molecule has 2 heterocycles. The van der Waals surface area contributed by atoms with E-state index in [2.05, 4.69) is 22.1 Å². The molecule has 6 heteroatoms. The monoisotopic (exact) mass is 397 g/mol. The number of allylic oxidation sites excluding steroid dienone is 2. The quantitative estimate of drug-likeness (QED) is 0.499. The van der Waals surface area contributed by atoms with E-state index in [1.807, 2.05) is 30.3 Å². The summed E-state index contributed by atoms with van der Waals surface area (Å²) < 4.78 is 5.41. The van der Waals surface area contributed by atoms with Gasteiger partial charge in [0.25, 0.3) is 0 Å². The number of aromatic nitrogens is 2. The summed E-state index contributed by atoms with van der Waals surface area (Å²) >= 11 is 0. The van der Waals surface area contributed by atoms with E-state index < -0.39 is 0 Å². The molecule has 2 bridgehead atoms. The molecule has 2 fully saturated rings. The summed E-state index contributed by atoms with van der Waals surface area (Å²) in [5, 5.41) is 0.901. The molecule has 0 N–H and O–H groups in total. The van der Waals surface area contributed by atoms with Crippen LogP contribution < -0.4 is 9.64 Å². The SMILES string of the molecule is COc1cccc2cnc(-c3ccc(N4C(=O)[C@@H]5[C@H](C4=O)C4C=C[C@H]5C4)cc3)nc12. The lowest BCUT2D eigenvalue weighted by Crippen LogP contribution is -2.32. The Hall–Kier alpha value is -3.54. The lowest BCUT2D eigenvalue weighted by Gasteiger charge is -2.17. The smallest absolute Gasteiger partial charge is 0.238 e. The number of carbonyl (C=O) groups excluding carboxylic acids is 2. The Labute approximate surface area is 173 Å². The van der Waals surface area contributed by atoms with Crippen molar-refractivity contribution in [3.05, 3.63) is 60.8 Å². The number of imide groups is 1. The highest BCUT2D eigenvalue weighted by Crippen LogP contribution is 2.53. The first-order valence-electron chi connectivity index (χ1n) is 10.1. The van der Waals surface area contributed by atoms with Crippen molar-refractivity contribution in [3.8, 4) is 17.1 Å². The van der Waals surface area contributed by atoms with Gasteiger partial charge in [0.05, 0.1) is 24.6 Å². The maximum atomic E-state index is 13.0. The summed E-state index contributed by atoms with van der Waals surface area (Å²) in [7, 11) is 1.62. The van der Waals surface area contributed by atoms with Crippen LogP contribution in [0.3, 0.4) is 0 Å². The number of anilines is 1. The normalized spacial score (nSPS) is 26.6. The van der Waals surface area contributed by atoms with Gasteiger partial charge in [0.2, 0.25) is 11.8 Å². The first kappa shape index (κ1) is 17.3. The second-order valence-electron chi connectivity index (χ2n) is 8.15. The van der Waals surface area contributed by atoms with E-state index in [1.54, 1.807) is 25.4 Å². The zero-order chi connectivity index (χ0) is 20.4. The zero-order valence-corrected chi connectivity index (χ0v) is 16.4. The number of para-hydroxylation sites is 1. The van der Waals surface area contributed by atoms with Gasteiger partial charge in [-0.3, -0.25) is 14.5 Å². The average molecular weight is 397 g/mol. The number of rotatable bonds is 3. The molecule has 0 spiro atoms. The molecule has 3 aromatic rings. The summed E-state index contributed by atoms with van der Waals surface area (Å²) in [5.74, 6) is 1.16. The van der Waals surface area contributed by atoms with E-state index in [1.165, 1.54) is 4.90 Å². The molecule has 1 aromatic heterocycles. The van der Waals surface area contributed by atoms with E-state index in [-0.39, 0.29) is 35.5 Å². The third-order valence-electron chi connectivity index (χ3n) is 6.65. The topological polar surface area (TPSA) is 72.4 Å². The molecule has 2 amide bonds. The lowest BCUT2D eigenvalue weighted by atomic mass is 9.85. The number of methoxy groups -OCH3 is 1. The molecule has 148 valence electrons. The number of ether oxygens (including phenoxy) is 1. The largest absolute Gasteiger partial charge is 0.494 e. The van der Waals surface area contributed by atoms with Crippen molar-refractivity contribution < 1.29 is 14.3 Å². The molecular formula is C24H19N3O3. The maximum absolute atomic E-state index is 13.0. The Bertz CT molecular complexity index is 1200. The standard InChI is InChI=1S/C24H19N3O3/c1-30-18-4-2-3-16-12-25-22(26-21(16)18)13-7-9-17(10-8-13)27-23(28)19-14-5-6-15(11-14)20(19)24(27)29/h2-10,12,14-15,19-20H,11H2,1H3/t14-,15?,19-,20+/m0/s1. The van der Waals surface area contributed by atoms with Crippen LogP contribution in [-0.4, -0.2) is 28.9 Å². The van der Waals surface area contributed by atoms with E-state index in [0.717, 1.165) is 22.9 Å². The fraction of sp³-hybridized carbons (Fsp3) is 0.250. The van der Waals surface area contributed by atoms with Crippen LogP contribution in [0.15, 0.2) is 60.8 Å². The van der Waals surface area contributed by atoms with Gasteiger partial charge in [-0.15, -0.1) is 0 Å². The number of hydrogen-bond acceptors (Lipinski definition) is 5. The highest BCUT2D eigenvalue weighted by Gasteiger charge is 2.59. The van der Waals surface area contributed by atoms with Crippen molar-refractivity contribution >= 4 is 28.4 Å². The highest BCUT2D eigenvalue weighted by atomic mass is 16.5. The van der Waals surface area contributed by atoms with Crippen molar-refractivity contribution in [2.45, 2.75) is 6.42 Å². The summed E-state index contributed by atoms with van der Waals surface area (Å²) in [5.41, 5.74) is 2.17. The van der Waals surface area contributed by atoms with Gasteiger partial charge in [0.1, 0.15) is 11.3 Å². The third kappa shape index (κ3) is 2.30. The zero-order valence-electron chi connectivity index (χ0n) is 16.4. The van der Waals surface area contributed by atoms with Crippen molar-refractivity contribution in [2.24, 2.45) is 23.7 Å². The van der Waals surface area contributed by atoms with Gasteiger partial charge in [0, 0.05) is 17.1 Å². The molecule has 4 atom stereocenters. The van der Waals surface area contributed by atoms with Crippen LogP contribution in [0.5, 0.6) is 5.75 Å². The van der Waals surface area contributed by atoms with Gasteiger partial charge in [-0.05, 0) is 48.6 Å². The van der Waals surface area contributed by atoms with Crippen LogP contribution >= 0.6 is 0 Å². The molecule has 6 rings (SSSR count). The fourth-order valence-corrected chi connectivity index (χ4v) is 5.25. The summed E-state index contributed by atoms with van der Waals surface area (Å²) in [6.45, 7) is 0. The molecule has 1 saturated carbocycles. The third-order valence-corrected chi connectivity index (χ3v) is 6.65. The fourth-order valence-electron chi connectivity index (χ4n) is 5.25. The number of carbonyl (C=O) groups is 2. The maximum Gasteiger partial charge on any atom is 0.238 e. The van der Waals surface area contributed by atoms with Crippen LogP contribution in [0.1, 0.15) is 6.42 Å². The van der Waals surface area contributed by atoms with E-state index in [4.69, 9.17) is 4.74 Å². The predicted molar refractivity (Wildman–Crippen MR) is 112 cm³/mol. The van der Waals surface area contributed by atoms with Gasteiger partial charge in [-0.1, -0.05) is 24.3 Å². The molecular weight excluding hydrogens is 378 g/mol. The second-order valence-corrected chi connectivity index (χ2v) is 8.15. The first-order valence-corrected chi connectivity index (χ1v) is 10.1. The number of hydrogen-bond donors (Lipinski definition) is 0. The van der Waals surface area contributed by atoms with Crippen molar-refractivity contribution in [2.75, 3.05) is 12.0 Å². The second kappa shape index (κ2) is 6.23. The molecule has 2 aliphatic carbocycles. The molecule has 6 nitrogen and oxygen atoms in total. The summed E-state index contributed by atoms with van der Waals surface area (Å²) in [6.07, 6.45) is 6.91. The molecule has 1 aliphatic heterocycles. The molecule has 0 radical (unpaired) electrons. The summed E-state index contributed by atoms with van der Waals surface area (Å²) in [4.78, 5) is 36.5. The van der Waals surface area contributed by atoms with Crippen molar-refractivity contribution in [1.82, 2.24) is 9.97 Å². The molecule has 3 aliphatic rings. The minimum absolute atomic E-state index is 0.0682. The minimum atomic E-state index is -0.191. The van der Waals surface area contributed by atoms with Gasteiger partial charge in [-0.25, -0.2) is 9.97 Å². The highest BCUT2D eigenvalue weighted by molar-refractivity contribution is 6.22. The van der Waals surface area contributed by atoms with Gasteiger partial charge < -0.3 is 4.74 Å². The van der Waals surface area contributed by atoms with Crippen LogP contribution in [0, 0.1) is 23.7 Å². The number of fused-ring (bicyclic) bond motifs is 6. The van der Waals surface area contributed by atoms with E-state index in [9.17, 15) is 9.59 Å². The lowest BCUT2D eigenvalue weighted by molar-refractivity contribution is -0.123. The Morgan fingerprint density at radius 1 is 0.967 bits per heavy atom. The Kier molecular flexibility index (Phi) is 3.60. The van der Waals surface area contributed by atoms with E-state index in [0.29, 0.717) is 17.3 Å².